The van der Waals surface area contributed by atoms with Gasteiger partial charge in [0.25, 0.3) is 17.5 Å². The summed E-state index contributed by atoms with van der Waals surface area (Å²) in [4.78, 5) is 37.1. The van der Waals surface area contributed by atoms with Gasteiger partial charge in [-0.25, -0.2) is 4.90 Å². The van der Waals surface area contributed by atoms with Crippen molar-refractivity contribution in [2.75, 3.05) is 4.90 Å². The Kier molecular flexibility index (Phi) is 3.45. The van der Waals surface area contributed by atoms with Crippen LogP contribution >= 0.6 is 12.6 Å². The number of benzene rings is 2. The number of anilines is 1. The van der Waals surface area contributed by atoms with Crippen molar-refractivity contribution in [2.45, 2.75) is 18.7 Å². The third kappa shape index (κ3) is 2.20. The second kappa shape index (κ2) is 5.20. The molecule has 0 bridgehead atoms. The van der Waals surface area contributed by atoms with E-state index in [0.717, 1.165) is 10.5 Å². The molecule has 0 aromatic heterocycles. The summed E-state index contributed by atoms with van der Waals surface area (Å²) < 4.78 is 0. The molecule has 0 aliphatic carbocycles. The minimum atomic E-state index is -0.520. The number of fused-ring (bicyclic) bond motifs is 1. The number of carbonyl (C=O) groups is 2. The minimum Gasteiger partial charge on any atom is -0.268 e. The fourth-order valence-electron chi connectivity index (χ4n) is 2.64. The summed E-state index contributed by atoms with van der Waals surface area (Å²) in [5.74, 6) is -0.909. The van der Waals surface area contributed by atoms with Crippen molar-refractivity contribution in [3.05, 3.63) is 62.7 Å². The minimum absolute atomic E-state index is 0.0893. The summed E-state index contributed by atoms with van der Waals surface area (Å²) in [6.45, 7) is 3.43. The summed E-state index contributed by atoms with van der Waals surface area (Å²) in [5, 5.41) is 10.8. The van der Waals surface area contributed by atoms with E-state index in [-0.39, 0.29) is 11.3 Å². The third-order valence-electron chi connectivity index (χ3n) is 3.86. The molecule has 1 aliphatic heterocycles. The van der Waals surface area contributed by atoms with Crippen LogP contribution in [0.25, 0.3) is 0 Å². The van der Waals surface area contributed by atoms with Gasteiger partial charge in [-0.1, -0.05) is 6.07 Å². The van der Waals surface area contributed by atoms with Crippen LogP contribution in [0.5, 0.6) is 0 Å². The molecule has 6 nitrogen and oxygen atoms in total. The number of imide groups is 1. The molecular weight excluding hydrogens is 316 g/mol. The van der Waals surface area contributed by atoms with E-state index >= 15 is 0 Å². The predicted octanol–water partition coefficient (Wildman–Crippen LogP) is 3.30. The lowest BCUT2D eigenvalue weighted by Crippen LogP contribution is -2.30. The largest absolute Gasteiger partial charge is 0.269 e. The maximum Gasteiger partial charge on any atom is 0.269 e. The van der Waals surface area contributed by atoms with Crippen molar-refractivity contribution in [3.63, 3.8) is 0 Å². The first-order chi connectivity index (χ1) is 10.8. The van der Waals surface area contributed by atoms with Crippen molar-refractivity contribution in [1.29, 1.82) is 0 Å². The molecule has 1 heterocycles. The first-order valence-electron chi connectivity index (χ1n) is 6.79. The zero-order valence-corrected chi connectivity index (χ0v) is 13.3. The highest BCUT2D eigenvalue weighted by Gasteiger charge is 2.39. The van der Waals surface area contributed by atoms with Gasteiger partial charge in [0.1, 0.15) is 0 Å². The van der Waals surface area contributed by atoms with E-state index in [1.807, 2.05) is 0 Å². The molecule has 2 amide bonds. The van der Waals surface area contributed by atoms with Crippen LogP contribution in [-0.2, 0) is 0 Å². The van der Waals surface area contributed by atoms with E-state index in [1.54, 1.807) is 26.0 Å². The van der Waals surface area contributed by atoms with Gasteiger partial charge in [-0.05, 0) is 37.1 Å². The van der Waals surface area contributed by atoms with Gasteiger partial charge in [-0.15, -0.1) is 12.6 Å². The van der Waals surface area contributed by atoms with E-state index in [0.29, 0.717) is 21.7 Å². The third-order valence-corrected chi connectivity index (χ3v) is 4.44. The fraction of sp³-hybridized carbons (Fsp3) is 0.125. The Morgan fingerprint density at radius 3 is 2.35 bits per heavy atom. The van der Waals surface area contributed by atoms with Crippen LogP contribution in [0, 0.1) is 24.0 Å². The van der Waals surface area contributed by atoms with E-state index in [4.69, 9.17) is 0 Å². The monoisotopic (exact) mass is 328 g/mol. The van der Waals surface area contributed by atoms with Gasteiger partial charge in [0.15, 0.2) is 0 Å². The number of nitro benzene ring substituents is 1. The average Bonchev–Trinajstić information content (AvgIpc) is 2.75. The van der Waals surface area contributed by atoms with Crippen molar-refractivity contribution >= 4 is 35.8 Å². The molecular formula is C16H12N2O4S. The molecule has 0 spiro atoms. The quantitative estimate of drug-likeness (QED) is 0.397. The SMILES string of the molecule is Cc1cc([N+](=O)[O-])ccc1N1C(=O)c2ccc(C)c(S)c2C1=O. The van der Waals surface area contributed by atoms with E-state index in [2.05, 4.69) is 12.6 Å². The Morgan fingerprint density at radius 1 is 1.04 bits per heavy atom. The number of rotatable bonds is 2. The lowest BCUT2D eigenvalue weighted by molar-refractivity contribution is -0.384. The normalized spacial score (nSPS) is 13.4. The fourth-order valence-corrected chi connectivity index (χ4v) is 2.93. The van der Waals surface area contributed by atoms with Crippen LogP contribution in [0.15, 0.2) is 35.2 Å². The highest BCUT2D eigenvalue weighted by molar-refractivity contribution is 7.80. The van der Waals surface area contributed by atoms with Gasteiger partial charge >= 0.3 is 0 Å². The molecule has 0 unspecified atom stereocenters. The molecule has 116 valence electrons. The Balaban J connectivity index is 2.13. The number of hydrogen-bond donors (Lipinski definition) is 1. The predicted molar refractivity (Wildman–Crippen MR) is 87.4 cm³/mol. The van der Waals surface area contributed by atoms with Crippen molar-refractivity contribution in [2.24, 2.45) is 0 Å². The van der Waals surface area contributed by atoms with Gasteiger partial charge < -0.3 is 0 Å². The van der Waals surface area contributed by atoms with E-state index < -0.39 is 16.7 Å². The second-order valence-corrected chi connectivity index (χ2v) is 5.77. The van der Waals surface area contributed by atoms with Crippen LogP contribution in [0.1, 0.15) is 31.8 Å². The van der Waals surface area contributed by atoms with Crippen molar-refractivity contribution in [3.8, 4) is 0 Å². The highest BCUT2D eigenvalue weighted by atomic mass is 32.1. The van der Waals surface area contributed by atoms with Gasteiger partial charge in [-0.2, -0.15) is 0 Å². The summed E-state index contributed by atoms with van der Waals surface area (Å²) in [5.41, 5.74) is 2.10. The molecule has 0 fully saturated rings. The first kappa shape index (κ1) is 15.2. The topological polar surface area (TPSA) is 80.5 Å². The maximum absolute atomic E-state index is 12.7. The molecule has 3 rings (SSSR count). The van der Waals surface area contributed by atoms with E-state index in [1.165, 1.54) is 18.2 Å². The number of nitrogens with zero attached hydrogens (tertiary/aromatic N) is 2. The van der Waals surface area contributed by atoms with Gasteiger partial charge in [0.05, 0.1) is 21.7 Å². The number of aryl methyl sites for hydroxylation is 2. The van der Waals surface area contributed by atoms with Crippen molar-refractivity contribution < 1.29 is 14.5 Å². The zero-order chi connectivity index (χ0) is 16.9. The van der Waals surface area contributed by atoms with Gasteiger partial charge in [-0.3, -0.25) is 19.7 Å². The van der Waals surface area contributed by atoms with Crippen LogP contribution in [-0.4, -0.2) is 16.7 Å². The van der Waals surface area contributed by atoms with Crippen LogP contribution in [0.3, 0.4) is 0 Å². The number of non-ortho nitro benzene ring substituents is 1. The Hall–Kier alpha value is -2.67. The zero-order valence-electron chi connectivity index (χ0n) is 12.4. The molecule has 0 radical (unpaired) electrons. The number of amides is 2. The smallest absolute Gasteiger partial charge is 0.268 e. The summed E-state index contributed by atoms with van der Waals surface area (Å²) in [7, 11) is 0. The Bertz CT molecular complexity index is 892. The highest BCUT2D eigenvalue weighted by Crippen LogP contribution is 2.35. The standard InChI is InChI=1S/C16H12N2O4S/c1-8-3-5-11-13(14(8)23)16(20)17(15(11)19)12-6-4-10(18(21)22)7-9(12)2/h3-7,23H,1-2H3. The number of carbonyl (C=O) groups excluding carboxylic acids is 2. The molecule has 1 aliphatic rings. The number of thiol groups is 1. The summed E-state index contributed by atoms with van der Waals surface area (Å²) >= 11 is 4.33. The van der Waals surface area contributed by atoms with Crippen molar-refractivity contribution in [1.82, 2.24) is 0 Å². The van der Waals surface area contributed by atoms with Crippen LogP contribution in [0.2, 0.25) is 0 Å². The van der Waals surface area contributed by atoms with Gasteiger partial charge in [0.2, 0.25) is 0 Å². The average molecular weight is 328 g/mol. The summed E-state index contributed by atoms with van der Waals surface area (Å²) in [6, 6.07) is 7.37. The lowest BCUT2D eigenvalue weighted by Gasteiger charge is -2.16. The molecule has 2 aromatic rings. The Morgan fingerprint density at radius 2 is 1.74 bits per heavy atom. The van der Waals surface area contributed by atoms with Gasteiger partial charge in [0, 0.05) is 17.0 Å². The first-order valence-corrected chi connectivity index (χ1v) is 7.24. The molecule has 0 N–H and O–H groups in total. The summed E-state index contributed by atoms with van der Waals surface area (Å²) in [6.07, 6.45) is 0. The molecule has 0 atom stereocenters. The molecule has 0 saturated heterocycles. The molecule has 0 saturated carbocycles. The van der Waals surface area contributed by atoms with Crippen LogP contribution in [0.4, 0.5) is 11.4 Å². The molecule has 23 heavy (non-hydrogen) atoms. The molecule has 2 aromatic carbocycles. The number of hydrogen-bond acceptors (Lipinski definition) is 5. The van der Waals surface area contributed by atoms with Crippen LogP contribution < -0.4 is 4.90 Å². The second-order valence-electron chi connectivity index (χ2n) is 5.33. The lowest BCUT2D eigenvalue weighted by atomic mass is 10.1. The maximum atomic E-state index is 12.7. The molecule has 7 heteroatoms. The number of nitro groups is 1. The van der Waals surface area contributed by atoms with E-state index in [9.17, 15) is 19.7 Å². The Labute approximate surface area is 137 Å².